The summed E-state index contributed by atoms with van der Waals surface area (Å²) in [6, 6.07) is 1.43. The number of nitrogen functional groups attached to an aromatic ring is 1. The summed E-state index contributed by atoms with van der Waals surface area (Å²) in [6.07, 6.45) is 0.0695. The molecule has 0 saturated carbocycles. The molecule has 0 aliphatic carbocycles. The van der Waals surface area contributed by atoms with Gasteiger partial charge in [-0.15, -0.1) is 0 Å². The molecule has 1 heterocycles. The summed E-state index contributed by atoms with van der Waals surface area (Å²) < 4.78 is 13.0. The fraction of sp³-hybridized carbons (Fsp3) is 0.286. The number of hydrogen-bond acceptors (Lipinski definition) is 3. The normalized spacial score (nSPS) is 12.9. The quantitative estimate of drug-likeness (QED) is 0.737. The first-order valence-corrected chi connectivity index (χ1v) is 3.78. The summed E-state index contributed by atoms with van der Waals surface area (Å²) in [6.45, 7) is -0.119. The third-order valence-electron chi connectivity index (χ3n) is 1.46. The topological polar surface area (TPSA) is 64.9 Å². The predicted molar refractivity (Wildman–Crippen MR) is 46.6 cm³/mol. The number of halogens is 2. The van der Waals surface area contributed by atoms with Crippen molar-refractivity contribution in [2.24, 2.45) is 5.73 Å². The van der Waals surface area contributed by atoms with Crippen molar-refractivity contribution >= 4 is 17.4 Å². The van der Waals surface area contributed by atoms with Gasteiger partial charge in [0.2, 0.25) is 0 Å². The summed E-state index contributed by atoms with van der Waals surface area (Å²) in [5, 5.41) is 0.357. The number of nitrogens with zero attached hydrogens (tertiary/aromatic N) is 1. The minimum absolute atomic E-state index is 0.119. The molecule has 4 N–H and O–H groups in total. The van der Waals surface area contributed by atoms with Gasteiger partial charge in [0.25, 0.3) is 0 Å². The van der Waals surface area contributed by atoms with Crippen molar-refractivity contribution in [2.75, 3.05) is 12.3 Å². The molecule has 1 atom stereocenters. The average Bonchev–Trinajstić information content (AvgIpc) is 2.08. The largest absolute Gasteiger partial charge is 0.383 e. The Morgan fingerprint density at radius 1 is 1.67 bits per heavy atom. The second-order valence-corrected chi connectivity index (χ2v) is 2.77. The maximum absolute atomic E-state index is 13.0. The zero-order valence-corrected chi connectivity index (χ0v) is 7.05. The maximum atomic E-state index is 13.0. The second-order valence-electron chi connectivity index (χ2n) is 2.33. The first-order valence-electron chi connectivity index (χ1n) is 3.40. The van der Waals surface area contributed by atoms with E-state index in [4.69, 9.17) is 23.1 Å². The molecule has 0 bridgehead atoms. The van der Waals surface area contributed by atoms with E-state index < -0.39 is 6.17 Å². The molecule has 66 valence electrons. The minimum Gasteiger partial charge on any atom is -0.383 e. The van der Waals surface area contributed by atoms with Crippen molar-refractivity contribution in [1.29, 1.82) is 0 Å². The third-order valence-corrected chi connectivity index (χ3v) is 1.67. The molecule has 0 fully saturated rings. The molecule has 1 aromatic heterocycles. The Labute approximate surface area is 74.5 Å². The summed E-state index contributed by atoms with van der Waals surface area (Å²) in [5.74, 6) is 0.136. The highest BCUT2D eigenvalue weighted by Gasteiger charge is 2.12. The van der Waals surface area contributed by atoms with Gasteiger partial charge in [0.05, 0.1) is 5.02 Å². The molecule has 12 heavy (non-hydrogen) atoms. The Morgan fingerprint density at radius 2 is 2.33 bits per heavy atom. The van der Waals surface area contributed by atoms with Gasteiger partial charge >= 0.3 is 0 Å². The molecule has 5 heteroatoms. The summed E-state index contributed by atoms with van der Waals surface area (Å²) in [7, 11) is 0. The van der Waals surface area contributed by atoms with Crippen LogP contribution >= 0.6 is 11.6 Å². The Bertz CT molecular complexity index is 279. The molecule has 1 unspecified atom stereocenters. The van der Waals surface area contributed by atoms with Crippen LogP contribution in [0.5, 0.6) is 0 Å². The maximum Gasteiger partial charge on any atom is 0.141 e. The lowest BCUT2D eigenvalue weighted by atomic mass is 10.1. The SMILES string of the molecule is NCC(F)c1cc(Cl)cnc1N. The smallest absolute Gasteiger partial charge is 0.141 e. The number of rotatable bonds is 2. The summed E-state index contributed by atoms with van der Waals surface area (Å²) in [5.41, 5.74) is 10.8. The predicted octanol–water partition coefficient (Wildman–Crippen LogP) is 1.29. The van der Waals surface area contributed by atoms with Crippen LogP contribution < -0.4 is 11.5 Å². The summed E-state index contributed by atoms with van der Waals surface area (Å²) >= 11 is 5.59. The third kappa shape index (κ3) is 1.84. The van der Waals surface area contributed by atoms with E-state index in [1.165, 1.54) is 12.3 Å². The lowest BCUT2D eigenvalue weighted by molar-refractivity contribution is 0.353. The van der Waals surface area contributed by atoms with Gasteiger partial charge in [-0.1, -0.05) is 11.6 Å². The standard InChI is InChI=1S/C7H9ClFN3/c8-4-1-5(6(9)2-10)7(11)12-3-4/h1,3,6H,2,10H2,(H2,11,12). The van der Waals surface area contributed by atoms with Gasteiger partial charge in [-0.2, -0.15) is 0 Å². The monoisotopic (exact) mass is 189 g/mol. The van der Waals surface area contributed by atoms with E-state index in [0.29, 0.717) is 5.02 Å². The lowest BCUT2D eigenvalue weighted by Crippen LogP contribution is -2.10. The number of nitrogens with two attached hydrogens (primary N) is 2. The minimum atomic E-state index is -1.30. The van der Waals surface area contributed by atoms with E-state index in [1.807, 2.05) is 0 Å². The van der Waals surface area contributed by atoms with E-state index in [1.54, 1.807) is 0 Å². The van der Waals surface area contributed by atoms with E-state index in [2.05, 4.69) is 4.98 Å². The van der Waals surface area contributed by atoms with Gasteiger partial charge in [0.1, 0.15) is 12.0 Å². The molecular formula is C7H9ClFN3. The molecule has 0 amide bonds. The highest BCUT2D eigenvalue weighted by atomic mass is 35.5. The zero-order valence-electron chi connectivity index (χ0n) is 6.30. The van der Waals surface area contributed by atoms with E-state index in [9.17, 15) is 4.39 Å². The second kappa shape index (κ2) is 3.69. The van der Waals surface area contributed by atoms with E-state index in [0.717, 1.165) is 0 Å². The van der Waals surface area contributed by atoms with Gasteiger partial charge in [0, 0.05) is 18.3 Å². The Hall–Kier alpha value is -0.870. The number of aromatic nitrogens is 1. The van der Waals surface area contributed by atoms with Crippen molar-refractivity contribution in [3.8, 4) is 0 Å². The van der Waals surface area contributed by atoms with Gasteiger partial charge in [-0.25, -0.2) is 9.37 Å². The van der Waals surface area contributed by atoms with Gasteiger partial charge in [-0.05, 0) is 6.07 Å². The highest BCUT2D eigenvalue weighted by Crippen LogP contribution is 2.23. The van der Waals surface area contributed by atoms with Crippen molar-refractivity contribution in [2.45, 2.75) is 6.17 Å². The number of alkyl halides is 1. The van der Waals surface area contributed by atoms with E-state index in [-0.39, 0.29) is 17.9 Å². The Kier molecular flexibility index (Phi) is 2.83. The Balaban J connectivity index is 3.04. The number of hydrogen-bond donors (Lipinski definition) is 2. The van der Waals surface area contributed by atoms with Crippen LogP contribution in [-0.2, 0) is 0 Å². The van der Waals surface area contributed by atoms with Crippen molar-refractivity contribution < 1.29 is 4.39 Å². The molecule has 0 aliphatic rings. The Morgan fingerprint density at radius 3 is 2.92 bits per heavy atom. The fourth-order valence-electron chi connectivity index (χ4n) is 0.843. The molecule has 0 spiro atoms. The van der Waals surface area contributed by atoms with Gasteiger partial charge < -0.3 is 11.5 Å². The van der Waals surface area contributed by atoms with Gasteiger partial charge in [0.15, 0.2) is 0 Å². The van der Waals surface area contributed by atoms with E-state index >= 15 is 0 Å². The molecule has 0 radical (unpaired) electrons. The molecular weight excluding hydrogens is 181 g/mol. The lowest BCUT2D eigenvalue weighted by Gasteiger charge is -2.07. The first kappa shape index (κ1) is 9.22. The van der Waals surface area contributed by atoms with Crippen LogP contribution in [-0.4, -0.2) is 11.5 Å². The van der Waals surface area contributed by atoms with Crippen LogP contribution in [0.15, 0.2) is 12.3 Å². The van der Waals surface area contributed by atoms with Crippen LogP contribution in [0.4, 0.5) is 10.2 Å². The van der Waals surface area contributed by atoms with Crippen molar-refractivity contribution in [3.05, 3.63) is 22.8 Å². The molecule has 1 rings (SSSR count). The molecule has 0 aliphatic heterocycles. The van der Waals surface area contributed by atoms with Crippen molar-refractivity contribution in [1.82, 2.24) is 4.98 Å². The fourth-order valence-corrected chi connectivity index (χ4v) is 1.01. The van der Waals surface area contributed by atoms with Crippen molar-refractivity contribution in [3.63, 3.8) is 0 Å². The highest BCUT2D eigenvalue weighted by molar-refractivity contribution is 6.30. The molecule has 1 aromatic rings. The molecule has 0 aromatic carbocycles. The molecule has 0 saturated heterocycles. The zero-order chi connectivity index (χ0) is 9.14. The number of pyridine rings is 1. The van der Waals surface area contributed by atoms with Crippen LogP contribution in [0, 0.1) is 0 Å². The van der Waals surface area contributed by atoms with Crippen LogP contribution in [0.2, 0.25) is 5.02 Å². The first-order chi connectivity index (χ1) is 5.65. The average molecular weight is 190 g/mol. The molecule has 3 nitrogen and oxygen atoms in total. The van der Waals surface area contributed by atoms with Crippen LogP contribution in [0.1, 0.15) is 11.7 Å². The van der Waals surface area contributed by atoms with Gasteiger partial charge in [-0.3, -0.25) is 0 Å². The van der Waals surface area contributed by atoms with Crippen LogP contribution in [0.25, 0.3) is 0 Å². The van der Waals surface area contributed by atoms with Crippen LogP contribution in [0.3, 0.4) is 0 Å². The summed E-state index contributed by atoms with van der Waals surface area (Å²) in [4.78, 5) is 3.70. The number of anilines is 1.